The van der Waals surface area contributed by atoms with Crippen LogP contribution in [0.15, 0.2) is 49.0 Å². The van der Waals surface area contributed by atoms with E-state index in [-0.39, 0.29) is 5.91 Å². The van der Waals surface area contributed by atoms with Gasteiger partial charge in [-0.3, -0.25) is 9.59 Å². The third kappa shape index (κ3) is 4.78. The van der Waals surface area contributed by atoms with E-state index in [1.165, 1.54) is 0 Å². The highest BCUT2D eigenvalue weighted by Gasteiger charge is 2.10. The topological polar surface area (TPSA) is 75.4 Å². The van der Waals surface area contributed by atoms with Gasteiger partial charge in [-0.05, 0) is 49.0 Å². The lowest BCUT2D eigenvalue weighted by Crippen LogP contribution is -2.31. The summed E-state index contributed by atoms with van der Waals surface area (Å²) in [6, 6.07) is 12.7. The molecule has 5 nitrogen and oxygen atoms in total. The number of amides is 2. The van der Waals surface area contributed by atoms with Crippen LogP contribution in [-0.2, 0) is 0 Å². The second-order valence-corrected chi connectivity index (χ2v) is 6.01. The number of carbonyl (C=O) groups is 2. The maximum absolute atomic E-state index is 12.3. The van der Waals surface area contributed by atoms with Crippen LogP contribution in [0, 0.1) is 0 Å². The maximum atomic E-state index is 12.3. The van der Waals surface area contributed by atoms with E-state index < -0.39 is 5.91 Å². The molecule has 0 atom stereocenters. The van der Waals surface area contributed by atoms with Gasteiger partial charge in [0, 0.05) is 24.2 Å². The summed E-state index contributed by atoms with van der Waals surface area (Å²) in [5, 5.41) is 2.89. The normalized spacial score (nSPS) is 10.5. The van der Waals surface area contributed by atoms with Crippen molar-refractivity contribution in [3.8, 4) is 11.1 Å². The molecule has 0 aliphatic carbocycles. The van der Waals surface area contributed by atoms with Crippen molar-refractivity contribution in [3.63, 3.8) is 0 Å². The summed E-state index contributed by atoms with van der Waals surface area (Å²) in [5.41, 5.74) is 8.78. The molecule has 2 aromatic carbocycles. The molecule has 25 heavy (non-hydrogen) atoms. The standard InChI is InChI=1S/C20H23N3O2/c1-4-14-8-9-16(13-18(14)19(21)24)15-6-5-7-17(12-15)20(25)22-10-11-23(2)3/h4-9,12-13H,1,10-11H2,2-3H3,(H2,21,24)(H,22,25). The molecule has 130 valence electrons. The van der Waals surface area contributed by atoms with E-state index in [2.05, 4.69) is 11.9 Å². The monoisotopic (exact) mass is 337 g/mol. The van der Waals surface area contributed by atoms with Crippen LogP contribution in [0.1, 0.15) is 26.3 Å². The highest BCUT2D eigenvalue weighted by Crippen LogP contribution is 2.24. The van der Waals surface area contributed by atoms with Crippen LogP contribution >= 0.6 is 0 Å². The summed E-state index contributed by atoms with van der Waals surface area (Å²) in [4.78, 5) is 25.9. The predicted molar refractivity (Wildman–Crippen MR) is 101 cm³/mol. The zero-order valence-corrected chi connectivity index (χ0v) is 14.6. The molecule has 2 amide bonds. The maximum Gasteiger partial charge on any atom is 0.251 e. The van der Waals surface area contributed by atoms with Gasteiger partial charge in [0.25, 0.3) is 5.91 Å². The van der Waals surface area contributed by atoms with Gasteiger partial charge in [-0.25, -0.2) is 0 Å². The van der Waals surface area contributed by atoms with Gasteiger partial charge in [0.2, 0.25) is 5.91 Å². The van der Waals surface area contributed by atoms with Crippen molar-refractivity contribution in [3.05, 3.63) is 65.7 Å². The fraction of sp³-hybridized carbons (Fsp3) is 0.200. The minimum Gasteiger partial charge on any atom is -0.366 e. The van der Waals surface area contributed by atoms with E-state index in [0.717, 1.165) is 17.7 Å². The Kier molecular flexibility index (Phi) is 6.08. The van der Waals surface area contributed by atoms with Crippen molar-refractivity contribution in [2.24, 2.45) is 5.73 Å². The fourth-order valence-corrected chi connectivity index (χ4v) is 2.46. The van der Waals surface area contributed by atoms with Crippen molar-refractivity contribution in [2.75, 3.05) is 27.2 Å². The average Bonchev–Trinajstić information content (AvgIpc) is 2.60. The van der Waals surface area contributed by atoms with Gasteiger partial charge in [0.1, 0.15) is 0 Å². The van der Waals surface area contributed by atoms with Crippen LogP contribution in [0.4, 0.5) is 0 Å². The molecular formula is C20H23N3O2. The highest BCUT2D eigenvalue weighted by atomic mass is 16.2. The molecule has 0 bridgehead atoms. The van der Waals surface area contributed by atoms with Crippen LogP contribution in [0.2, 0.25) is 0 Å². The number of benzene rings is 2. The third-order valence-corrected chi connectivity index (χ3v) is 3.84. The SMILES string of the molecule is C=Cc1ccc(-c2cccc(C(=O)NCCN(C)C)c2)cc1C(N)=O. The Morgan fingerprint density at radius 3 is 2.52 bits per heavy atom. The highest BCUT2D eigenvalue weighted by molar-refractivity contribution is 5.98. The number of nitrogens with two attached hydrogens (primary N) is 1. The molecule has 0 spiro atoms. The van der Waals surface area contributed by atoms with Gasteiger partial charge in [0.05, 0.1) is 0 Å². The quantitative estimate of drug-likeness (QED) is 0.814. The Morgan fingerprint density at radius 2 is 1.88 bits per heavy atom. The summed E-state index contributed by atoms with van der Waals surface area (Å²) >= 11 is 0. The minimum absolute atomic E-state index is 0.124. The predicted octanol–water partition coefficient (Wildman–Crippen LogP) is 2.39. The number of likely N-dealkylation sites (N-methyl/N-ethyl adjacent to an activating group) is 1. The fourth-order valence-electron chi connectivity index (χ4n) is 2.46. The molecule has 0 radical (unpaired) electrons. The summed E-state index contributed by atoms with van der Waals surface area (Å²) in [6.45, 7) is 5.04. The number of carbonyl (C=O) groups excluding carboxylic acids is 2. The molecule has 3 N–H and O–H groups in total. The zero-order valence-electron chi connectivity index (χ0n) is 14.6. The Balaban J connectivity index is 2.26. The lowest BCUT2D eigenvalue weighted by Gasteiger charge is -2.11. The van der Waals surface area contributed by atoms with Crippen LogP contribution in [0.5, 0.6) is 0 Å². The van der Waals surface area contributed by atoms with Crippen molar-refractivity contribution in [2.45, 2.75) is 0 Å². The largest absolute Gasteiger partial charge is 0.366 e. The van der Waals surface area contributed by atoms with Crippen molar-refractivity contribution < 1.29 is 9.59 Å². The van der Waals surface area contributed by atoms with E-state index in [1.807, 2.05) is 37.2 Å². The van der Waals surface area contributed by atoms with Crippen molar-refractivity contribution >= 4 is 17.9 Å². The van der Waals surface area contributed by atoms with Gasteiger partial charge in [-0.1, -0.05) is 36.9 Å². The lowest BCUT2D eigenvalue weighted by atomic mass is 9.97. The smallest absolute Gasteiger partial charge is 0.251 e. The van der Waals surface area contributed by atoms with Gasteiger partial charge in [-0.2, -0.15) is 0 Å². The number of rotatable bonds is 7. The Bertz CT molecular complexity index is 797. The Hall–Kier alpha value is -2.92. The molecule has 0 heterocycles. The summed E-state index contributed by atoms with van der Waals surface area (Å²) in [6.07, 6.45) is 1.60. The van der Waals surface area contributed by atoms with E-state index in [0.29, 0.717) is 23.2 Å². The molecule has 0 aromatic heterocycles. The van der Waals surface area contributed by atoms with Crippen LogP contribution < -0.4 is 11.1 Å². The van der Waals surface area contributed by atoms with Gasteiger partial charge in [-0.15, -0.1) is 0 Å². The second kappa shape index (κ2) is 8.26. The van der Waals surface area contributed by atoms with Gasteiger partial charge in [0.15, 0.2) is 0 Å². The first-order valence-electron chi connectivity index (χ1n) is 8.02. The van der Waals surface area contributed by atoms with Crippen LogP contribution in [0.3, 0.4) is 0 Å². The third-order valence-electron chi connectivity index (χ3n) is 3.84. The molecular weight excluding hydrogens is 314 g/mol. The molecule has 0 saturated carbocycles. The molecule has 5 heteroatoms. The van der Waals surface area contributed by atoms with Crippen molar-refractivity contribution in [1.82, 2.24) is 10.2 Å². The van der Waals surface area contributed by atoms with Gasteiger partial charge >= 0.3 is 0 Å². The first-order valence-corrected chi connectivity index (χ1v) is 8.02. The number of nitrogens with zero attached hydrogens (tertiary/aromatic N) is 1. The van der Waals surface area contributed by atoms with E-state index in [9.17, 15) is 9.59 Å². The van der Waals surface area contributed by atoms with Gasteiger partial charge < -0.3 is 16.0 Å². The Labute approximate surface area is 148 Å². The summed E-state index contributed by atoms with van der Waals surface area (Å²) in [5.74, 6) is -0.629. The molecule has 2 aromatic rings. The molecule has 2 rings (SSSR count). The summed E-state index contributed by atoms with van der Waals surface area (Å²) in [7, 11) is 3.91. The Morgan fingerprint density at radius 1 is 1.16 bits per heavy atom. The second-order valence-electron chi connectivity index (χ2n) is 6.01. The average molecular weight is 337 g/mol. The van der Waals surface area contributed by atoms with Crippen LogP contribution in [0.25, 0.3) is 17.2 Å². The number of primary amides is 1. The van der Waals surface area contributed by atoms with Crippen LogP contribution in [-0.4, -0.2) is 43.9 Å². The lowest BCUT2D eigenvalue weighted by molar-refractivity contribution is 0.0949. The van der Waals surface area contributed by atoms with E-state index >= 15 is 0 Å². The molecule has 0 fully saturated rings. The van der Waals surface area contributed by atoms with E-state index in [1.54, 1.807) is 30.3 Å². The van der Waals surface area contributed by atoms with E-state index in [4.69, 9.17) is 5.73 Å². The first-order chi connectivity index (χ1) is 11.9. The number of nitrogens with one attached hydrogen (secondary N) is 1. The first kappa shape index (κ1) is 18.4. The molecule has 0 saturated heterocycles. The molecule has 0 aliphatic heterocycles. The molecule has 0 unspecified atom stereocenters. The number of hydrogen-bond acceptors (Lipinski definition) is 3. The minimum atomic E-state index is -0.505. The summed E-state index contributed by atoms with van der Waals surface area (Å²) < 4.78 is 0. The molecule has 0 aliphatic rings. The zero-order chi connectivity index (χ0) is 18.4. The number of hydrogen-bond donors (Lipinski definition) is 2. The van der Waals surface area contributed by atoms with Crippen molar-refractivity contribution in [1.29, 1.82) is 0 Å².